The van der Waals surface area contributed by atoms with Gasteiger partial charge in [-0.25, -0.2) is 25.9 Å². The smallest absolute Gasteiger partial charge is 0.242 e. The normalized spacial score (nSPS) is 21.5. The Bertz CT molecular complexity index is 765. The van der Waals surface area contributed by atoms with Gasteiger partial charge in [-0.05, 0) is 40.4 Å². The van der Waals surface area contributed by atoms with Crippen molar-refractivity contribution in [3.8, 4) is 0 Å². The first-order chi connectivity index (χ1) is 9.61. The van der Waals surface area contributed by atoms with Gasteiger partial charge in [-0.2, -0.15) is 0 Å². The number of halogens is 2. The van der Waals surface area contributed by atoms with E-state index in [1.807, 2.05) is 0 Å². The van der Waals surface area contributed by atoms with Crippen molar-refractivity contribution < 1.29 is 21.2 Å². The Morgan fingerprint density at radius 3 is 2.67 bits per heavy atom. The number of hydrogen-bond acceptors (Lipinski definition) is 5. The summed E-state index contributed by atoms with van der Waals surface area (Å²) in [6, 6.07) is 2.00. The van der Waals surface area contributed by atoms with Gasteiger partial charge in [-0.15, -0.1) is 0 Å². The lowest BCUT2D eigenvalue weighted by Crippen LogP contribution is -2.30. The maximum absolute atomic E-state index is 13.3. The maximum atomic E-state index is 13.3. The van der Waals surface area contributed by atoms with E-state index in [1.165, 1.54) is 0 Å². The third-order valence-corrected chi connectivity index (χ3v) is 7.15. The highest BCUT2D eigenvalue weighted by Gasteiger charge is 2.29. The Labute approximate surface area is 131 Å². The zero-order chi connectivity index (χ0) is 15.8. The minimum absolute atomic E-state index is 0.00992. The minimum Gasteiger partial charge on any atom is -0.398 e. The molecule has 10 heteroatoms. The van der Waals surface area contributed by atoms with Crippen LogP contribution in [0, 0.1) is 11.7 Å². The highest BCUT2D eigenvalue weighted by atomic mass is 79.9. The summed E-state index contributed by atoms with van der Waals surface area (Å²) >= 11 is 2.90. The summed E-state index contributed by atoms with van der Waals surface area (Å²) < 4.78 is 62.5. The Hall–Kier alpha value is -0.710. The van der Waals surface area contributed by atoms with Crippen LogP contribution < -0.4 is 10.5 Å². The molecular formula is C11H14BrFN2O4S2. The number of rotatable bonds is 4. The lowest BCUT2D eigenvalue weighted by Gasteiger charge is -2.12. The molecule has 6 nitrogen and oxygen atoms in total. The summed E-state index contributed by atoms with van der Waals surface area (Å²) in [5.41, 5.74) is 5.32. The van der Waals surface area contributed by atoms with Gasteiger partial charge in [0.2, 0.25) is 10.0 Å². The molecule has 1 unspecified atom stereocenters. The van der Waals surface area contributed by atoms with Crippen LogP contribution in [0.5, 0.6) is 0 Å². The summed E-state index contributed by atoms with van der Waals surface area (Å²) in [5.74, 6) is -0.870. The van der Waals surface area contributed by atoms with Crippen LogP contribution in [-0.2, 0) is 19.9 Å². The Balaban J connectivity index is 2.14. The van der Waals surface area contributed by atoms with Gasteiger partial charge >= 0.3 is 0 Å². The highest BCUT2D eigenvalue weighted by molar-refractivity contribution is 9.10. The molecule has 0 aliphatic carbocycles. The Morgan fingerprint density at radius 1 is 1.43 bits per heavy atom. The van der Waals surface area contributed by atoms with E-state index in [0.29, 0.717) is 6.42 Å². The largest absolute Gasteiger partial charge is 0.398 e. The number of sulfone groups is 1. The molecule has 0 aromatic heterocycles. The Kier molecular flexibility index (Phi) is 4.62. The fraction of sp³-hybridized carbons (Fsp3) is 0.455. The predicted octanol–water partition coefficient (Wildman–Crippen LogP) is 0.883. The molecule has 0 radical (unpaired) electrons. The zero-order valence-corrected chi connectivity index (χ0v) is 14.1. The van der Waals surface area contributed by atoms with Crippen molar-refractivity contribution in [2.24, 2.45) is 5.92 Å². The van der Waals surface area contributed by atoms with Gasteiger partial charge in [0.05, 0.1) is 21.7 Å². The van der Waals surface area contributed by atoms with Gasteiger partial charge in [0, 0.05) is 6.54 Å². The lowest BCUT2D eigenvalue weighted by molar-refractivity contribution is 0.543. The van der Waals surface area contributed by atoms with E-state index in [2.05, 4.69) is 20.7 Å². The first-order valence-corrected chi connectivity index (χ1v) is 10.1. The van der Waals surface area contributed by atoms with Gasteiger partial charge in [-0.1, -0.05) is 0 Å². The Morgan fingerprint density at radius 2 is 2.10 bits per heavy atom. The molecule has 1 fully saturated rings. The summed E-state index contributed by atoms with van der Waals surface area (Å²) in [6.45, 7) is 0.00992. The molecule has 1 atom stereocenters. The molecule has 1 aromatic rings. The van der Waals surface area contributed by atoms with Crippen molar-refractivity contribution in [3.63, 3.8) is 0 Å². The molecular weight excluding hydrogens is 387 g/mol. The summed E-state index contributed by atoms with van der Waals surface area (Å²) in [7, 11) is -6.99. The van der Waals surface area contributed by atoms with Gasteiger partial charge in [0.1, 0.15) is 10.7 Å². The summed E-state index contributed by atoms with van der Waals surface area (Å²) in [5, 5.41) is 0. The minimum atomic E-state index is -3.92. The molecule has 2 rings (SSSR count). The monoisotopic (exact) mass is 400 g/mol. The molecule has 0 amide bonds. The third kappa shape index (κ3) is 3.93. The van der Waals surface area contributed by atoms with Gasteiger partial charge < -0.3 is 5.73 Å². The van der Waals surface area contributed by atoms with Crippen molar-refractivity contribution in [1.82, 2.24) is 4.72 Å². The number of nitrogens with two attached hydrogens (primary N) is 1. The molecule has 0 spiro atoms. The summed E-state index contributed by atoms with van der Waals surface area (Å²) in [6.07, 6.45) is 0.424. The fourth-order valence-corrected chi connectivity index (χ4v) is 5.72. The lowest BCUT2D eigenvalue weighted by atomic mass is 10.1. The van der Waals surface area contributed by atoms with E-state index in [1.54, 1.807) is 0 Å². The van der Waals surface area contributed by atoms with Gasteiger partial charge in [0.25, 0.3) is 0 Å². The quantitative estimate of drug-likeness (QED) is 0.729. The fourth-order valence-electron chi connectivity index (χ4n) is 2.12. The average molecular weight is 401 g/mol. The average Bonchev–Trinajstić information content (AvgIpc) is 2.71. The van der Waals surface area contributed by atoms with Crippen molar-refractivity contribution >= 4 is 41.5 Å². The van der Waals surface area contributed by atoms with Crippen molar-refractivity contribution in [2.45, 2.75) is 11.3 Å². The molecule has 0 saturated carbocycles. The van der Waals surface area contributed by atoms with Crippen LogP contribution in [0.25, 0.3) is 0 Å². The van der Waals surface area contributed by atoms with Crippen LogP contribution in [0.3, 0.4) is 0 Å². The van der Waals surface area contributed by atoms with E-state index in [0.717, 1.165) is 12.1 Å². The first kappa shape index (κ1) is 16.7. The number of nitrogens with one attached hydrogen (secondary N) is 1. The van der Waals surface area contributed by atoms with Crippen molar-refractivity contribution in [2.75, 3.05) is 23.8 Å². The topological polar surface area (TPSA) is 106 Å². The first-order valence-electron chi connectivity index (χ1n) is 6.05. The molecule has 1 aliphatic rings. The van der Waals surface area contributed by atoms with E-state index in [-0.39, 0.29) is 39.0 Å². The van der Waals surface area contributed by atoms with Crippen LogP contribution in [-0.4, -0.2) is 34.9 Å². The molecule has 1 saturated heterocycles. The number of benzene rings is 1. The van der Waals surface area contributed by atoms with Crippen molar-refractivity contribution in [1.29, 1.82) is 0 Å². The van der Waals surface area contributed by atoms with E-state index < -0.39 is 25.7 Å². The van der Waals surface area contributed by atoms with E-state index >= 15 is 0 Å². The number of hydrogen-bond donors (Lipinski definition) is 2. The predicted molar refractivity (Wildman–Crippen MR) is 80.5 cm³/mol. The molecule has 118 valence electrons. The summed E-state index contributed by atoms with van der Waals surface area (Å²) in [4.78, 5) is -0.239. The number of sulfonamides is 1. The second kappa shape index (κ2) is 5.82. The van der Waals surface area contributed by atoms with E-state index in [4.69, 9.17) is 5.73 Å². The second-order valence-corrected chi connectivity index (χ2v) is 9.74. The van der Waals surface area contributed by atoms with Crippen LogP contribution in [0.2, 0.25) is 0 Å². The SMILES string of the molecule is Nc1cc(F)c(Br)cc1S(=O)(=O)NCC1CCS(=O)(=O)C1. The molecule has 1 aromatic carbocycles. The van der Waals surface area contributed by atoms with Crippen LogP contribution in [0.15, 0.2) is 21.5 Å². The zero-order valence-electron chi connectivity index (χ0n) is 10.8. The molecule has 21 heavy (non-hydrogen) atoms. The second-order valence-electron chi connectivity index (χ2n) is 4.93. The van der Waals surface area contributed by atoms with Crippen LogP contribution in [0.4, 0.5) is 10.1 Å². The number of anilines is 1. The van der Waals surface area contributed by atoms with Gasteiger partial charge in [0.15, 0.2) is 9.84 Å². The van der Waals surface area contributed by atoms with Gasteiger partial charge in [-0.3, -0.25) is 0 Å². The maximum Gasteiger partial charge on any atom is 0.242 e. The molecule has 3 N–H and O–H groups in total. The third-order valence-electron chi connectivity index (χ3n) is 3.23. The van der Waals surface area contributed by atoms with E-state index in [9.17, 15) is 21.2 Å². The molecule has 1 aliphatic heterocycles. The number of nitrogen functional groups attached to an aromatic ring is 1. The molecule has 1 heterocycles. The highest BCUT2D eigenvalue weighted by Crippen LogP contribution is 2.26. The van der Waals surface area contributed by atoms with Crippen LogP contribution >= 0.6 is 15.9 Å². The standard InChI is InChI=1S/C11H14BrFN2O4S2/c12-8-3-11(10(14)4-9(8)13)21(18,19)15-5-7-1-2-20(16,17)6-7/h3-4,7,15H,1-2,5-6,14H2. The van der Waals surface area contributed by atoms with Crippen molar-refractivity contribution in [3.05, 3.63) is 22.4 Å². The van der Waals surface area contributed by atoms with Crippen LogP contribution in [0.1, 0.15) is 6.42 Å². The molecule has 0 bridgehead atoms.